The molecule has 2 rings (SSSR count). The van der Waals surface area contributed by atoms with E-state index < -0.39 is 11.4 Å². The summed E-state index contributed by atoms with van der Waals surface area (Å²) in [7, 11) is 1.83. The standard InChI is InChI=1S/C16H28N2O3/c1-18(13-8-4-5-9-13)15(21)17-12-16(14(19)20)10-6-2-3-7-11-16/h13H,2-12H2,1H3,(H,17,21)(H,19,20). The number of carbonyl (C=O) groups excluding carboxylic acids is 1. The lowest BCUT2D eigenvalue weighted by molar-refractivity contribution is -0.149. The molecular weight excluding hydrogens is 268 g/mol. The molecule has 0 aromatic carbocycles. The largest absolute Gasteiger partial charge is 0.481 e. The van der Waals surface area contributed by atoms with Crippen LogP contribution in [0, 0.1) is 5.41 Å². The van der Waals surface area contributed by atoms with E-state index in [1.807, 2.05) is 7.05 Å². The highest BCUT2D eigenvalue weighted by molar-refractivity contribution is 5.78. The summed E-state index contributed by atoms with van der Waals surface area (Å²) in [5.74, 6) is -0.756. The predicted molar refractivity (Wildman–Crippen MR) is 81.2 cm³/mol. The number of hydrogen-bond acceptors (Lipinski definition) is 2. The van der Waals surface area contributed by atoms with E-state index >= 15 is 0 Å². The molecule has 0 aliphatic heterocycles. The number of hydrogen-bond donors (Lipinski definition) is 2. The topological polar surface area (TPSA) is 69.6 Å². The zero-order valence-corrected chi connectivity index (χ0v) is 13.1. The normalized spacial score (nSPS) is 22.5. The predicted octanol–water partition coefficient (Wildman–Crippen LogP) is 3.00. The highest BCUT2D eigenvalue weighted by atomic mass is 16.4. The number of nitrogens with zero attached hydrogens (tertiary/aromatic N) is 1. The number of carboxylic acid groups (broad SMARTS) is 1. The lowest BCUT2D eigenvalue weighted by Gasteiger charge is -2.31. The summed E-state index contributed by atoms with van der Waals surface area (Å²) in [6, 6.07) is 0.201. The Morgan fingerprint density at radius 1 is 1.10 bits per heavy atom. The van der Waals surface area contributed by atoms with Crippen molar-refractivity contribution in [2.24, 2.45) is 5.41 Å². The van der Waals surface area contributed by atoms with E-state index in [4.69, 9.17) is 0 Å². The van der Waals surface area contributed by atoms with Crippen molar-refractivity contribution in [2.75, 3.05) is 13.6 Å². The van der Waals surface area contributed by atoms with Crippen molar-refractivity contribution in [1.82, 2.24) is 10.2 Å². The molecule has 0 aromatic heterocycles. The van der Waals surface area contributed by atoms with Gasteiger partial charge in [-0.1, -0.05) is 38.5 Å². The van der Waals surface area contributed by atoms with Crippen LogP contribution in [0.15, 0.2) is 0 Å². The number of carboxylic acids is 1. The maximum absolute atomic E-state index is 12.2. The Bertz CT molecular complexity index is 370. The lowest BCUT2D eigenvalue weighted by Crippen LogP contribution is -2.48. The van der Waals surface area contributed by atoms with Crippen LogP contribution in [0.25, 0.3) is 0 Å². The number of amides is 2. The third-order valence-corrected chi connectivity index (χ3v) is 5.29. The van der Waals surface area contributed by atoms with Gasteiger partial charge >= 0.3 is 12.0 Å². The molecule has 2 aliphatic carbocycles. The van der Waals surface area contributed by atoms with Gasteiger partial charge < -0.3 is 15.3 Å². The molecule has 0 bridgehead atoms. The smallest absolute Gasteiger partial charge is 0.317 e. The lowest BCUT2D eigenvalue weighted by atomic mass is 9.80. The molecule has 120 valence electrons. The summed E-state index contributed by atoms with van der Waals surface area (Å²) in [5.41, 5.74) is -0.761. The van der Waals surface area contributed by atoms with Crippen molar-refractivity contribution in [3.05, 3.63) is 0 Å². The molecule has 2 N–H and O–H groups in total. The van der Waals surface area contributed by atoms with Gasteiger partial charge in [-0.05, 0) is 25.7 Å². The Balaban J connectivity index is 1.91. The van der Waals surface area contributed by atoms with Crippen molar-refractivity contribution >= 4 is 12.0 Å². The SMILES string of the molecule is CN(C(=O)NCC1(C(=O)O)CCCCCC1)C1CCCC1. The average molecular weight is 296 g/mol. The van der Waals surface area contributed by atoms with Gasteiger partial charge in [-0.3, -0.25) is 4.79 Å². The van der Waals surface area contributed by atoms with E-state index in [1.165, 1.54) is 12.8 Å². The third kappa shape index (κ3) is 3.89. The fourth-order valence-corrected chi connectivity index (χ4v) is 3.70. The second-order valence-electron chi connectivity index (χ2n) is 6.71. The Labute approximate surface area is 127 Å². The second-order valence-corrected chi connectivity index (χ2v) is 6.71. The summed E-state index contributed by atoms with van der Waals surface area (Å²) < 4.78 is 0. The van der Waals surface area contributed by atoms with Crippen molar-refractivity contribution in [3.8, 4) is 0 Å². The van der Waals surface area contributed by atoms with E-state index in [1.54, 1.807) is 4.90 Å². The highest BCUT2D eigenvalue weighted by Gasteiger charge is 2.39. The molecule has 5 heteroatoms. The molecule has 2 fully saturated rings. The van der Waals surface area contributed by atoms with Gasteiger partial charge in [-0.2, -0.15) is 0 Å². The first-order valence-electron chi connectivity index (χ1n) is 8.29. The molecule has 5 nitrogen and oxygen atoms in total. The molecule has 2 saturated carbocycles. The Morgan fingerprint density at radius 2 is 1.67 bits per heavy atom. The van der Waals surface area contributed by atoms with Gasteiger partial charge in [0.25, 0.3) is 0 Å². The van der Waals surface area contributed by atoms with E-state index in [0.29, 0.717) is 18.9 Å². The first kappa shape index (κ1) is 16.1. The van der Waals surface area contributed by atoms with Crippen molar-refractivity contribution in [1.29, 1.82) is 0 Å². The molecule has 21 heavy (non-hydrogen) atoms. The minimum atomic E-state index is -0.761. The van der Waals surface area contributed by atoms with Crippen LogP contribution in [0.1, 0.15) is 64.2 Å². The zero-order chi connectivity index (χ0) is 15.3. The Kier molecular flexibility index (Phi) is 5.48. The van der Waals surface area contributed by atoms with Gasteiger partial charge in [0.2, 0.25) is 0 Å². The summed E-state index contributed by atoms with van der Waals surface area (Å²) in [6.45, 7) is 0.262. The molecule has 0 aromatic rings. The van der Waals surface area contributed by atoms with Crippen LogP contribution in [0.5, 0.6) is 0 Å². The zero-order valence-electron chi connectivity index (χ0n) is 13.1. The fraction of sp³-hybridized carbons (Fsp3) is 0.875. The van der Waals surface area contributed by atoms with Crippen LogP contribution >= 0.6 is 0 Å². The molecule has 0 atom stereocenters. The van der Waals surface area contributed by atoms with E-state index in [-0.39, 0.29) is 12.6 Å². The molecule has 0 spiro atoms. The Morgan fingerprint density at radius 3 is 2.19 bits per heavy atom. The van der Waals surface area contributed by atoms with Crippen LogP contribution in [0.4, 0.5) is 4.79 Å². The van der Waals surface area contributed by atoms with Crippen LogP contribution in [0.2, 0.25) is 0 Å². The van der Waals surface area contributed by atoms with E-state index in [9.17, 15) is 14.7 Å². The minimum absolute atomic E-state index is 0.119. The molecule has 0 saturated heterocycles. The first-order chi connectivity index (χ1) is 10.1. The van der Waals surface area contributed by atoms with Crippen LogP contribution in [-0.4, -0.2) is 41.6 Å². The molecule has 2 aliphatic rings. The highest BCUT2D eigenvalue weighted by Crippen LogP contribution is 2.35. The van der Waals surface area contributed by atoms with Gasteiger partial charge in [0.15, 0.2) is 0 Å². The summed E-state index contributed by atoms with van der Waals surface area (Å²) in [6.07, 6.45) is 9.94. The third-order valence-electron chi connectivity index (χ3n) is 5.29. The number of carbonyl (C=O) groups is 2. The maximum atomic E-state index is 12.2. The minimum Gasteiger partial charge on any atom is -0.481 e. The average Bonchev–Trinajstić information content (AvgIpc) is 2.89. The summed E-state index contributed by atoms with van der Waals surface area (Å²) in [4.78, 5) is 25.7. The second kappa shape index (κ2) is 7.14. The van der Waals surface area contributed by atoms with Crippen molar-refractivity contribution in [2.45, 2.75) is 70.3 Å². The van der Waals surface area contributed by atoms with Gasteiger partial charge in [-0.25, -0.2) is 4.79 Å². The molecule has 0 unspecified atom stereocenters. The molecule has 2 amide bonds. The molecule has 0 radical (unpaired) electrons. The number of nitrogens with one attached hydrogen (secondary N) is 1. The quantitative estimate of drug-likeness (QED) is 0.784. The van der Waals surface area contributed by atoms with E-state index in [2.05, 4.69) is 5.32 Å². The number of aliphatic carboxylic acids is 1. The maximum Gasteiger partial charge on any atom is 0.317 e. The summed E-state index contributed by atoms with van der Waals surface area (Å²) in [5, 5.41) is 12.5. The number of rotatable bonds is 4. The van der Waals surface area contributed by atoms with Crippen LogP contribution in [0.3, 0.4) is 0 Å². The Hall–Kier alpha value is -1.26. The van der Waals surface area contributed by atoms with Crippen molar-refractivity contribution < 1.29 is 14.7 Å². The van der Waals surface area contributed by atoms with Crippen molar-refractivity contribution in [3.63, 3.8) is 0 Å². The molecule has 0 heterocycles. The number of urea groups is 1. The van der Waals surface area contributed by atoms with Gasteiger partial charge in [0.05, 0.1) is 5.41 Å². The monoisotopic (exact) mass is 296 g/mol. The van der Waals surface area contributed by atoms with E-state index in [0.717, 1.165) is 38.5 Å². The van der Waals surface area contributed by atoms with Crippen LogP contribution < -0.4 is 5.32 Å². The van der Waals surface area contributed by atoms with Gasteiger partial charge in [0, 0.05) is 19.6 Å². The first-order valence-corrected chi connectivity index (χ1v) is 8.29. The van der Waals surface area contributed by atoms with Gasteiger partial charge in [0.1, 0.15) is 0 Å². The van der Waals surface area contributed by atoms with Crippen LogP contribution in [-0.2, 0) is 4.79 Å². The fourth-order valence-electron chi connectivity index (χ4n) is 3.70. The van der Waals surface area contributed by atoms with Gasteiger partial charge in [-0.15, -0.1) is 0 Å². The molecular formula is C16H28N2O3. The summed E-state index contributed by atoms with van der Waals surface area (Å²) >= 11 is 0.